The standard InChI is InChI=1S/C24H30O3/c1-15-10-12-17(13-11-15)21-19-9-7-6-8-18(19)14-16(2)20(21)22(23(25)26)27-24(3,4)5/h6-9,12,14-15,22H,10-11,13H2,1-5H3,(H,25,26)/t15?,22-/m0/s1. The zero-order chi connectivity index (χ0) is 19.8. The lowest BCUT2D eigenvalue weighted by molar-refractivity contribution is -0.160. The van der Waals surface area contributed by atoms with E-state index in [0.717, 1.165) is 46.7 Å². The van der Waals surface area contributed by atoms with Crippen molar-refractivity contribution in [3.05, 3.63) is 53.1 Å². The zero-order valence-corrected chi connectivity index (χ0v) is 17.0. The van der Waals surface area contributed by atoms with Crippen LogP contribution in [0, 0.1) is 12.8 Å². The molecule has 0 amide bonds. The van der Waals surface area contributed by atoms with Crippen molar-refractivity contribution in [3.8, 4) is 0 Å². The normalized spacial score (nSPS) is 19.0. The summed E-state index contributed by atoms with van der Waals surface area (Å²) >= 11 is 0. The maximum Gasteiger partial charge on any atom is 0.337 e. The predicted molar refractivity (Wildman–Crippen MR) is 111 cm³/mol. The lowest BCUT2D eigenvalue weighted by Gasteiger charge is -2.30. The molecule has 0 fully saturated rings. The fourth-order valence-electron chi connectivity index (χ4n) is 3.97. The van der Waals surface area contributed by atoms with Gasteiger partial charge in [-0.3, -0.25) is 0 Å². The summed E-state index contributed by atoms with van der Waals surface area (Å²) in [4.78, 5) is 12.2. The van der Waals surface area contributed by atoms with Gasteiger partial charge < -0.3 is 9.84 Å². The number of hydrogen-bond donors (Lipinski definition) is 1. The third-order valence-electron chi connectivity index (χ3n) is 5.25. The topological polar surface area (TPSA) is 46.5 Å². The number of fused-ring (bicyclic) bond motifs is 1. The number of carbonyl (C=O) groups is 1. The molecule has 1 aliphatic rings. The summed E-state index contributed by atoms with van der Waals surface area (Å²) in [6.45, 7) is 9.98. The van der Waals surface area contributed by atoms with E-state index in [9.17, 15) is 9.90 Å². The third kappa shape index (κ3) is 4.24. The summed E-state index contributed by atoms with van der Waals surface area (Å²) in [7, 11) is 0. The second-order valence-corrected chi connectivity index (χ2v) is 8.76. The van der Waals surface area contributed by atoms with E-state index >= 15 is 0 Å². The number of allylic oxidation sites excluding steroid dienone is 2. The van der Waals surface area contributed by atoms with Crippen molar-refractivity contribution >= 4 is 22.3 Å². The van der Waals surface area contributed by atoms with E-state index < -0.39 is 17.7 Å². The van der Waals surface area contributed by atoms with Gasteiger partial charge >= 0.3 is 5.97 Å². The highest BCUT2D eigenvalue weighted by atomic mass is 16.5. The summed E-state index contributed by atoms with van der Waals surface area (Å²) in [5, 5.41) is 12.3. The van der Waals surface area contributed by atoms with E-state index in [1.807, 2.05) is 39.8 Å². The van der Waals surface area contributed by atoms with Gasteiger partial charge in [-0.2, -0.15) is 0 Å². The SMILES string of the molecule is Cc1cc2ccccc2c(C2=CCC(C)CC2)c1[C@H](OC(C)(C)C)C(=O)O. The first-order valence-corrected chi connectivity index (χ1v) is 9.79. The second-order valence-electron chi connectivity index (χ2n) is 8.76. The lowest BCUT2D eigenvalue weighted by Crippen LogP contribution is -2.28. The Bertz CT molecular complexity index is 886. The van der Waals surface area contributed by atoms with Gasteiger partial charge in [0.2, 0.25) is 0 Å². The van der Waals surface area contributed by atoms with Crippen LogP contribution in [0.25, 0.3) is 16.3 Å². The molecule has 3 nitrogen and oxygen atoms in total. The van der Waals surface area contributed by atoms with Crippen molar-refractivity contribution in [1.82, 2.24) is 0 Å². The number of aliphatic carboxylic acids is 1. The van der Waals surface area contributed by atoms with Crippen LogP contribution in [0.3, 0.4) is 0 Å². The van der Waals surface area contributed by atoms with E-state index in [0.29, 0.717) is 5.92 Å². The molecule has 0 heterocycles. The van der Waals surface area contributed by atoms with Crippen molar-refractivity contribution in [2.45, 2.75) is 65.6 Å². The molecule has 0 radical (unpaired) electrons. The molecular weight excluding hydrogens is 336 g/mol. The van der Waals surface area contributed by atoms with Crippen LogP contribution in [0.4, 0.5) is 0 Å². The highest BCUT2D eigenvalue weighted by Crippen LogP contribution is 2.41. The molecule has 2 aromatic carbocycles. The molecule has 27 heavy (non-hydrogen) atoms. The maximum atomic E-state index is 12.2. The Hall–Kier alpha value is -2.13. The van der Waals surface area contributed by atoms with Gasteiger partial charge in [0.05, 0.1) is 5.60 Å². The minimum atomic E-state index is -0.982. The Kier molecular flexibility index (Phi) is 5.43. The molecule has 0 saturated carbocycles. The molecule has 1 unspecified atom stereocenters. The molecule has 3 rings (SSSR count). The fraction of sp³-hybridized carbons (Fsp3) is 0.458. The smallest absolute Gasteiger partial charge is 0.337 e. The van der Waals surface area contributed by atoms with Gasteiger partial charge in [-0.25, -0.2) is 4.79 Å². The Morgan fingerprint density at radius 2 is 1.96 bits per heavy atom. The van der Waals surface area contributed by atoms with Crippen LogP contribution in [-0.2, 0) is 9.53 Å². The van der Waals surface area contributed by atoms with Crippen LogP contribution >= 0.6 is 0 Å². The number of carboxylic acid groups (broad SMARTS) is 1. The predicted octanol–water partition coefficient (Wildman–Crippen LogP) is 6.29. The largest absolute Gasteiger partial charge is 0.479 e. The molecule has 0 aromatic heterocycles. The van der Waals surface area contributed by atoms with Gasteiger partial charge in [0, 0.05) is 5.56 Å². The summed E-state index contributed by atoms with van der Waals surface area (Å²) in [6, 6.07) is 10.3. The van der Waals surface area contributed by atoms with Crippen LogP contribution in [0.5, 0.6) is 0 Å². The Labute approximate surface area is 162 Å². The van der Waals surface area contributed by atoms with E-state index in [-0.39, 0.29) is 0 Å². The van der Waals surface area contributed by atoms with Crippen LogP contribution in [0.2, 0.25) is 0 Å². The first-order chi connectivity index (χ1) is 12.7. The monoisotopic (exact) mass is 366 g/mol. The van der Waals surface area contributed by atoms with Crippen molar-refractivity contribution < 1.29 is 14.6 Å². The molecule has 1 N–H and O–H groups in total. The second kappa shape index (κ2) is 7.47. The number of hydrogen-bond acceptors (Lipinski definition) is 2. The van der Waals surface area contributed by atoms with E-state index in [1.165, 1.54) is 5.57 Å². The fourth-order valence-corrected chi connectivity index (χ4v) is 3.97. The van der Waals surface area contributed by atoms with Gasteiger partial charge in [-0.1, -0.05) is 43.3 Å². The van der Waals surface area contributed by atoms with Crippen LogP contribution in [-0.4, -0.2) is 16.7 Å². The number of rotatable bonds is 4. The van der Waals surface area contributed by atoms with E-state index in [2.05, 4.69) is 31.2 Å². The average Bonchev–Trinajstić information content (AvgIpc) is 2.59. The van der Waals surface area contributed by atoms with Gasteiger partial charge in [-0.15, -0.1) is 0 Å². The molecule has 144 valence electrons. The number of ether oxygens (including phenoxy) is 1. The van der Waals surface area contributed by atoms with Crippen molar-refractivity contribution in [2.24, 2.45) is 5.92 Å². The van der Waals surface area contributed by atoms with Gasteiger partial charge in [0.15, 0.2) is 6.10 Å². The average molecular weight is 367 g/mol. The molecule has 2 atom stereocenters. The number of benzene rings is 2. The van der Waals surface area contributed by atoms with Crippen LogP contribution in [0.15, 0.2) is 36.4 Å². The molecule has 0 bridgehead atoms. The molecule has 0 aliphatic heterocycles. The Morgan fingerprint density at radius 3 is 2.56 bits per heavy atom. The molecule has 0 spiro atoms. The minimum absolute atomic E-state index is 0.548. The van der Waals surface area contributed by atoms with Crippen molar-refractivity contribution in [2.75, 3.05) is 0 Å². The molecule has 2 aromatic rings. The summed E-state index contributed by atoms with van der Waals surface area (Å²) in [5.74, 6) is -0.260. The molecule has 0 saturated heterocycles. The quantitative estimate of drug-likeness (QED) is 0.691. The van der Waals surface area contributed by atoms with Crippen molar-refractivity contribution in [3.63, 3.8) is 0 Å². The molecule has 3 heteroatoms. The van der Waals surface area contributed by atoms with Gasteiger partial charge in [0.25, 0.3) is 0 Å². The number of aryl methyl sites for hydroxylation is 1. The van der Waals surface area contributed by atoms with Crippen LogP contribution < -0.4 is 0 Å². The van der Waals surface area contributed by atoms with Gasteiger partial charge in [-0.05, 0) is 80.3 Å². The maximum absolute atomic E-state index is 12.2. The first kappa shape index (κ1) is 19.6. The Morgan fingerprint density at radius 1 is 1.26 bits per heavy atom. The summed E-state index contributed by atoms with van der Waals surface area (Å²) in [5.41, 5.74) is 3.55. The minimum Gasteiger partial charge on any atom is -0.479 e. The van der Waals surface area contributed by atoms with Crippen LogP contribution in [0.1, 0.15) is 69.8 Å². The first-order valence-electron chi connectivity index (χ1n) is 9.79. The third-order valence-corrected chi connectivity index (χ3v) is 5.25. The molecule has 1 aliphatic carbocycles. The zero-order valence-electron chi connectivity index (χ0n) is 17.0. The molecular formula is C24H30O3. The lowest BCUT2D eigenvalue weighted by atomic mass is 9.81. The van der Waals surface area contributed by atoms with Crippen molar-refractivity contribution in [1.29, 1.82) is 0 Å². The highest BCUT2D eigenvalue weighted by molar-refractivity contribution is 5.98. The van der Waals surface area contributed by atoms with E-state index in [1.54, 1.807) is 0 Å². The van der Waals surface area contributed by atoms with E-state index in [4.69, 9.17) is 4.74 Å². The van der Waals surface area contributed by atoms with Gasteiger partial charge in [0.1, 0.15) is 0 Å². The Balaban J connectivity index is 2.29. The summed E-state index contributed by atoms with van der Waals surface area (Å²) in [6.07, 6.45) is 4.46. The summed E-state index contributed by atoms with van der Waals surface area (Å²) < 4.78 is 6.04. The number of carboxylic acids is 1. The highest BCUT2D eigenvalue weighted by Gasteiger charge is 2.32.